The Labute approximate surface area is 127 Å². The second kappa shape index (κ2) is 5.34. The van der Waals surface area contributed by atoms with Gasteiger partial charge in [-0.15, -0.1) is 0 Å². The number of pyridine rings is 1. The van der Waals surface area contributed by atoms with Crippen molar-refractivity contribution >= 4 is 28.2 Å². The van der Waals surface area contributed by atoms with Crippen molar-refractivity contribution in [1.82, 2.24) is 15.0 Å². The number of nitrogens with one attached hydrogen (secondary N) is 1. The number of alkyl halides is 3. The van der Waals surface area contributed by atoms with E-state index in [-0.39, 0.29) is 17.3 Å². The summed E-state index contributed by atoms with van der Waals surface area (Å²) in [6, 6.07) is 4.09. The molecule has 0 saturated heterocycles. The van der Waals surface area contributed by atoms with Crippen LogP contribution in [0.15, 0.2) is 36.8 Å². The zero-order chi connectivity index (χ0) is 16.6. The lowest BCUT2D eigenvalue weighted by molar-refractivity contribution is -0.139. The number of aromatic nitrogens is 3. The van der Waals surface area contributed by atoms with Crippen LogP contribution in [-0.4, -0.2) is 15.0 Å². The third kappa shape index (κ3) is 2.98. The second-order valence-corrected chi connectivity index (χ2v) is 4.67. The van der Waals surface area contributed by atoms with Crippen molar-refractivity contribution in [2.75, 3.05) is 11.1 Å². The molecule has 23 heavy (non-hydrogen) atoms. The normalized spacial score (nSPS) is 11.7. The molecular formula is C14H9F4N5. The van der Waals surface area contributed by atoms with Gasteiger partial charge in [0.2, 0.25) is 0 Å². The first-order valence-corrected chi connectivity index (χ1v) is 6.34. The molecule has 3 rings (SSSR count). The van der Waals surface area contributed by atoms with Crippen molar-refractivity contribution in [2.45, 2.75) is 6.18 Å². The Kier molecular flexibility index (Phi) is 3.47. The third-order valence-electron chi connectivity index (χ3n) is 3.08. The van der Waals surface area contributed by atoms with Crippen LogP contribution in [0.2, 0.25) is 0 Å². The number of fused-ring (bicyclic) bond motifs is 1. The van der Waals surface area contributed by atoms with E-state index in [0.717, 1.165) is 6.07 Å². The zero-order valence-corrected chi connectivity index (χ0v) is 11.4. The first kappa shape index (κ1) is 14.9. The van der Waals surface area contributed by atoms with Crippen molar-refractivity contribution in [3.05, 3.63) is 48.2 Å². The van der Waals surface area contributed by atoms with Gasteiger partial charge in [-0.2, -0.15) is 13.2 Å². The quantitative estimate of drug-likeness (QED) is 0.706. The highest BCUT2D eigenvalue weighted by Gasteiger charge is 2.34. The summed E-state index contributed by atoms with van der Waals surface area (Å²) in [5, 5.41) is 3.20. The average molecular weight is 323 g/mol. The van der Waals surface area contributed by atoms with Crippen molar-refractivity contribution in [2.24, 2.45) is 0 Å². The number of halogens is 4. The van der Waals surface area contributed by atoms with E-state index < -0.39 is 17.6 Å². The molecule has 3 N–H and O–H groups in total. The summed E-state index contributed by atoms with van der Waals surface area (Å²) >= 11 is 0. The van der Waals surface area contributed by atoms with Gasteiger partial charge in [0.1, 0.15) is 23.8 Å². The van der Waals surface area contributed by atoms with E-state index in [1.54, 1.807) is 0 Å². The van der Waals surface area contributed by atoms with Crippen LogP contribution in [0.25, 0.3) is 10.9 Å². The van der Waals surface area contributed by atoms with Crippen LogP contribution < -0.4 is 11.1 Å². The average Bonchev–Trinajstić information content (AvgIpc) is 2.48. The number of benzene rings is 1. The molecule has 0 radical (unpaired) electrons. The first-order chi connectivity index (χ1) is 10.8. The molecule has 0 saturated carbocycles. The smallest absolute Gasteiger partial charge is 0.384 e. The lowest BCUT2D eigenvalue weighted by atomic mass is 10.1. The maximum atomic E-state index is 13.3. The second-order valence-electron chi connectivity index (χ2n) is 4.67. The van der Waals surface area contributed by atoms with Crippen molar-refractivity contribution < 1.29 is 17.6 Å². The number of rotatable bonds is 2. The highest BCUT2D eigenvalue weighted by atomic mass is 19.4. The Bertz CT molecular complexity index is 879. The summed E-state index contributed by atoms with van der Waals surface area (Å²) < 4.78 is 51.6. The molecule has 0 unspecified atom stereocenters. The first-order valence-electron chi connectivity index (χ1n) is 6.34. The van der Waals surface area contributed by atoms with Gasteiger partial charge in [-0.25, -0.2) is 19.3 Å². The van der Waals surface area contributed by atoms with Crippen LogP contribution in [0.1, 0.15) is 5.56 Å². The Morgan fingerprint density at radius 3 is 2.57 bits per heavy atom. The Balaban J connectivity index is 2.05. The van der Waals surface area contributed by atoms with E-state index in [9.17, 15) is 17.6 Å². The van der Waals surface area contributed by atoms with Crippen molar-refractivity contribution in [3.63, 3.8) is 0 Å². The molecule has 5 nitrogen and oxygen atoms in total. The van der Waals surface area contributed by atoms with Gasteiger partial charge < -0.3 is 11.1 Å². The number of nitrogens with two attached hydrogens (primary N) is 1. The van der Waals surface area contributed by atoms with Gasteiger partial charge in [0.15, 0.2) is 0 Å². The summed E-state index contributed by atoms with van der Waals surface area (Å²) in [6.45, 7) is 0. The van der Waals surface area contributed by atoms with E-state index in [2.05, 4.69) is 20.3 Å². The Morgan fingerprint density at radius 2 is 1.83 bits per heavy atom. The van der Waals surface area contributed by atoms with Gasteiger partial charge in [0.25, 0.3) is 0 Å². The van der Waals surface area contributed by atoms with Crippen molar-refractivity contribution in [3.8, 4) is 0 Å². The van der Waals surface area contributed by atoms with Crippen molar-refractivity contribution in [1.29, 1.82) is 0 Å². The topological polar surface area (TPSA) is 76.7 Å². The van der Waals surface area contributed by atoms with Gasteiger partial charge >= 0.3 is 6.18 Å². The van der Waals surface area contributed by atoms with Crippen LogP contribution in [0, 0.1) is 5.82 Å². The minimum absolute atomic E-state index is 0.0362. The van der Waals surface area contributed by atoms with Crippen LogP contribution >= 0.6 is 0 Å². The van der Waals surface area contributed by atoms with Crippen LogP contribution in [0.4, 0.5) is 34.9 Å². The summed E-state index contributed by atoms with van der Waals surface area (Å²) in [7, 11) is 0. The lowest BCUT2D eigenvalue weighted by Gasteiger charge is -2.12. The summed E-state index contributed by atoms with van der Waals surface area (Å²) in [5.74, 6) is -0.890. The van der Waals surface area contributed by atoms with E-state index in [0.29, 0.717) is 17.0 Å². The molecule has 0 fully saturated rings. The number of nitrogens with zero attached hydrogens (tertiary/aromatic N) is 3. The van der Waals surface area contributed by atoms with Crippen LogP contribution in [0.5, 0.6) is 0 Å². The fourth-order valence-corrected chi connectivity index (χ4v) is 2.03. The molecular weight excluding hydrogens is 314 g/mol. The van der Waals surface area contributed by atoms with Gasteiger partial charge in [0.05, 0.1) is 17.3 Å². The zero-order valence-electron chi connectivity index (χ0n) is 11.4. The van der Waals surface area contributed by atoms with Gasteiger partial charge in [-0.3, -0.25) is 0 Å². The van der Waals surface area contributed by atoms with E-state index in [1.165, 1.54) is 24.7 Å². The molecule has 0 aliphatic carbocycles. The molecule has 0 spiro atoms. The molecule has 0 atom stereocenters. The SMILES string of the molecule is Nc1cc2c(Nc3ccc(F)c(C(F)(F)F)c3)ncnc2cn1. The maximum absolute atomic E-state index is 13.3. The molecule has 3 aromatic rings. The van der Waals surface area contributed by atoms with Gasteiger partial charge in [0, 0.05) is 11.1 Å². The molecule has 9 heteroatoms. The number of hydrogen-bond donors (Lipinski definition) is 2. The predicted octanol–water partition coefficient (Wildman–Crippen LogP) is 3.51. The summed E-state index contributed by atoms with van der Waals surface area (Å²) in [6.07, 6.45) is -2.13. The molecule has 0 amide bonds. The maximum Gasteiger partial charge on any atom is 0.419 e. The summed E-state index contributed by atoms with van der Waals surface area (Å²) in [4.78, 5) is 11.8. The van der Waals surface area contributed by atoms with Gasteiger partial charge in [-0.05, 0) is 24.3 Å². The lowest BCUT2D eigenvalue weighted by Crippen LogP contribution is -2.09. The Morgan fingerprint density at radius 1 is 1.04 bits per heavy atom. The van der Waals surface area contributed by atoms with E-state index >= 15 is 0 Å². The fourth-order valence-electron chi connectivity index (χ4n) is 2.03. The largest absolute Gasteiger partial charge is 0.419 e. The van der Waals surface area contributed by atoms with E-state index in [4.69, 9.17) is 5.73 Å². The standard InChI is InChI=1S/C14H9F4N5/c15-10-2-1-7(3-9(10)14(16,17)18)23-13-8-4-12(19)20-5-11(8)21-6-22-13/h1-6H,(H2,19,20)(H,21,22,23). The number of nitrogen functional groups attached to an aromatic ring is 1. The molecule has 2 heterocycles. The van der Waals surface area contributed by atoms with Crippen LogP contribution in [-0.2, 0) is 6.18 Å². The molecule has 1 aromatic carbocycles. The molecule has 0 aliphatic rings. The summed E-state index contributed by atoms with van der Waals surface area (Å²) in [5.41, 5.74) is 4.74. The highest BCUT2D eigenvalue weighted by Crippen LogP contribution is 2.34. The molecule has 2 aromatic heterocycles. The fraction of sp³-hybridized carbons (Fsp3) is 0.0714. The minimum Gasteiger partial charge on any atom is -0.384 e. The monoisotopic (exact) mass is 323 g/mol. The third-order valence-corrected chi connectivity index (χ3v) is 3.08. The molecule has 0 aliphatic heterocycles. The number of anilines is 3. The van der Waals surface area contributed by atoms with Crippen LogP contribution in [0.3, 0.4) is 0 Å². The number of hydrogen-bond acceptors (Lipinski definition) is 5. The predicted molar refractivity (Wildman–Crippen MR) is 76.4 cm³/mol. The molecule has 0 bridgehead atoms. The Hall–Kier alpha value is -2.97. The van der Waals surface area contributed by atoms with Gasteiger partial charge in [-0.1, -0.05) is 0 Å². The minimum atomic E-state index is -4.79. The highest BCUT2D eigenvalue weighted by molar-refractivity contribution is 5.91. The van der Waals surface area contributed by atoms with E-state index in [1.807, 2.05) is 0 Å². The molecule has 118 valence electrons.